The number of anilines is 1. The van der Waals surface area contributed by atoms with Crippen LogP contribution in [0.15, 0.2) is 41.5 Å². The predicted molar refractivity (Wildman–Crippen MR) is 92.9 cm³/mol. The lowest BCUT2D eigenvalue weighted by Crippen LogP contribution is -2.39. The number of nitrogens with two attached hydrogens (primary N) is 1. The molecule has 2 aromatic rings. The zero-order valence-corrected chi connectivity index (χ0v) is 14.2. The summed E-state index contributed by atoms with van der Waals surface area (Å²) in [5.41, 5.74) is 5.56. The zero-order chi connectivity index (χ0) is 17.8. The summed E-state index contributed by atoms with van der Waals surface area (Å²) >= 11 is 0. The Balaban J connectivity index is 1.65. The number of rotatable bonds is 6. The summed E-state index contributed by atoms with van der Waals surface area (Å²) in [7, 11) is 1.66. The average molecular weight is 345 g/mol. The number of hydrogen-bond donors (Lipinski definition) is 1. The van der Waals surface area contributed by atoms with Crippen molar-refractivity contribution in [2.24, 2.45) is 0 Å². The highest BCUT2D eigenvalue weighted by Gasteiger charge is 2.35. The van der Waals surface area contributed by atoms with Gasteiger partial charge in [0.05, 0.1) is 18.7 Å². The van der Waals surface area contributed by atoms with Crippen molar-refractivity contribution in [3.8, 4) is 0 Å². The molecule has 0 spiro atoms. The van der Waals surface area contributed by atoms with E-state index in [1.165, 1.54) is 6.07 Å². The molecule has 8 heteroatoms. The topological polar surface area (TPSA) is 95.4 Å². The molecule has 1 amide bonds. The molecule has 1 aliphatic heterocycles. The smallest absolute Gasteiger partial charge is 0.250 e. The van der Waals surface area contributed by atoms with Crippen LogP contribution in [0.2, 0.25) is 0 Å². The molecular weight excluding hydrogens is 322 g/mol. The molecule has 0 bridgehead atoms. The Morgan fingerprint density at radius 1 is 1.36 bits per heavy atom. The van der Waals surface area contributed by atoms with E-state index in [0.29, 0.717) is 25.5 Å². The third-order valence-electron chi connectivity index (χ3n) is 4.55. The van der Waals surface area contributed by atoms with Gasteiger partial charge in [0.1, 0.15) is 5.82 Å². The Morgan fingerprint density at radius 2 is 2.20 bits per heavy atom. The normalized spacial score (nSPS) is 20.1. The Labute approximate surface area is 145 Å². The van der Waals surface area contributed by atoms with Crippen LogP contribution in [0.5, 0.6) is 0 Å². The van der Waals surface area contributed by atoms with Gasteiger partial charge in [-0.05, 0) is 18.6 Å². The van der Waals surface area contributed by atoms with Crippen LogP contribution in [0, 0.1) is 0 Å². The van der Waals surface area contributed by atoms with E-state index in [0.717, 1.165) is 6.42 Å². The zero-order valence-electron chi connectivity index (χ0n) is 14.2. The first-order valence-corrected chi connectivity index (χ1v) is 8.33. The number of carbonyl (C=O) groups is 1. The van der Waals surface area contributed by atoms with Gasteiger partial charge in [-0.2, -0.15) is 5.10 Å². The molecule has 3 rings (SSSR count). The monoisotopic (exact) mass is 345 g/mol. The number of nitrogens with zero attached hydrogens (tertiary/aromatic N) is 4. The lowest BCUT2D eigenvalue weighted by Gasteiger charge is -2.24. The van der Waals surface area contributed by atoms with Crippen LogP contribution < -0.4 is 11.3 Å². The molecule has 0 radical (unpaired) electrons. The highest BCUT2D eigenvalue weighted by atomic mass is 16.5. The van der Waals surface area contributed by atoms with Crippen LogP contribution in [0.4, 0.5) is 5.82 Å². The van der Waals surface area contributed by atoms with Crippen LogP contribution >= 0.6 is 0 Å². The Bertz CT molecular complexity index is 784. The van der Waals surface area contributed by atoms with Gasteiger partial charge in [0, 0.05) is 45.1 Å². The second-order valence-corrected chi connectivity index (χ2v) is 6.24. The molecular formula is C17H23N5O3. The van der Waals surface area contributed by atoms with Gasteiger partial charge in [0.25, 0.3) is 5.56 Å². The van der Waals surface area contributed by atoms with Crippen molar-refractivity contribution < 1.29 is 9.53 Å². The number of likely N-dealkylation sites (tertiary alicyclic amines) is 1. The van der Waals surface area contributed by atoms with E-state index >= 15 is 0 Å². The predicted octanol–water partition coefficient (Wildman–Crippen LogP) is 0.333. The van der Waals surface area contributed by atoms with Crippen molar-refractivity contribution in [1.82, 2.24) is 19.2 Å². The highest BCUT2D eigenvalue weighted by molar-refractivity contribution is 5.76. The van der Waals surface area contributed by atoms with Crippen LogP contribution in [0.25, 0.3) is 0 Å². The van der Waals surface area contributed by atoms with E-state index in [9.17, 15) is 9.59 Å². The van der Waals surface area contributed by atoms with Gasteiger partial charge in [-0.25, -0.2) is 0 Å². The number of pyridine rings is 1. The standard InChI is InChI=1S/C17H23N5O3/c1-25-14-10-13(11-21-9-5-15(18)19-21)22(12-14)17(24)6-8-20-7-3-2-4-16(20)23/h2-5,7,9,13-14H,6,8,10-12H2,1H3,(H2,18,19)/t13-,14-/m0/s1. The summed E-state index contributed by atoms with van der Waals surface area (Å²) in [6.07, 6.45) is 4.55. The van der Waals surface area contributed by atoms with Crippen molar-refractivity contribution in [3.05, 3.63) is 47.0 Å². The number of nitrogen functional groups attached to an aromatic ring is 1. The van der Waals surface area contributed by atoms with Gasteiger partial charge in [-0.1, -0.05) is 6.07 Å². The number of aryl methyl sites for hydroxylation is 1. The SMILES string of the molecule is CO[C@H]1C[C@@H](Cn2ccc(N)n2)N(C(=O)CCn2ccccc2=O)C1. The molecule has 1 saturated heterocycles. The first-order chi connectivity index (χ1) is 12.1. The quantitative estimate of drug-likeness (QED) is 0.814. The molecule has 1 aliphatic rings. The van der Waals surface area contributed by atoms with Crippen LogP contribution in [0.3, 0.4) is 0 Å². The van der Waals surface area contributed by atoms with Crippen LogP contribution in [-0.2, 0) is 22.6 Å². The number of methoxy groups -OCH3 is 1. The highest BCUT2D eigenvalue weighted by Crippen LogP contribution is 2.22. The van der Waals surface area contributed by atoms with Gasteiger partial charge in [0.2, 0.25) is 5.91 Å². The minimum Gasteiger partial charge on any atom is -0.382 e. The number of aromatic nitrogens is 3. The van der Waals surface area contributed by atoms with Crippen molar-refractivity contribution in [2.75, 3.05) is 19.4 Å². The first-order valence-electron chi connectivity index (χ1n) is 8.33. The second-order valence-electron chi connectivity index (χ2n) is 6.24. The van der Waals surface area contributed by atoms with Crippen LogP contribution in [-0.4, -0.2) is 51.0 Å². The maximum absolute atomic E-state index is 12.7. The minimum atomic E-state index is -0.102. The molecule has 2 atom stereocenters. The fourth-order valence-electron chi connectivity index (χ4n) is 3.22. The van der Waals surface area contributed by atoms with E-state index < -0.39 is 0 Å². The number of carbonyl (C=O) groups excluding carboxylic acids is 1. The minimum absolute atomic E-state index is 0.00393. The molecule has 3 heterocycles. The maximum Gasteiger partial charge on any atom is 0.250 e. The average Bonchev–Trinajstić information content (AvgIpc) is 3.20. The fourth-order valence-corrected chi connectivity index (χ4v) is 3.22. The molecule has 0 aliphatic carbocycles. The Hall–Kier alpha value is -2.61. The summed E-state index contributed by atoms with van der Waals surface area (Å²) < 4.78 is 8.74. The van der Waals surface area contributed by atoms with Crippen LogP contribution in [0.1, 0.15) is 12.8 Å². The largest absolute Gasteiger partial charge is 0.382 e. The molecule has 134 valence electrons. The third kappa shape index (κ3) is 4.08. The number of amides is 1. The molecule has 0 saturated carbocycles. The second kappa shape index (κ2) is 7.52. The summed E-state index contributed by atoms with van der Waals surface area (Å²) in [4.78, 5) is 26.3. The van der Waals surface area contributed by atoms with E-state index in [1.54, 1.807) is 40.8 Å². The summed E-state index contributed by atoms with van der Waals surface area (Å²) in [6.45, 7) is 1.50. The molecule has 25 heavy (non-hydrogen) atoms. The summed E-state index contributed by atoms with van der Waals surface area (Å²) in [6, 6.07) is 6.70. The number of hydrogen-bond acceptors (Lipinski definition) is 5. The van der Waals surface area contributed by atoms with Crippen molar-refractivity contribution in [2.45, 2.75) is 38.1 Å². The summed E-state index contributed by atoms with van der Waals surface area (Å²) in [5, 5.41) is 4.19. The Kier molecular flexibility index (Phi) is 5.18. The van der Waals surface area contributed by atoms with Gasteiger partial charge in [-0.3, -0.25) is 14.3 Å². The molecule has 0 aromatic carbocycles. The molecule has 2 N–H and O–H groups in total. The molecule has 8 nitrogen and oxygen atoms in total. The van der Waals surface area contributed by atoms with Crippen molar-refractivity contribution >= 4 is 11.7 Å². The summed E-state index contributed by atoms with van der Waals surface area (Å²) in [5.74, 6) is 0.475. The Morgan fingerprint density at radius 3 is 2.88 bits per heavy atom. The van der Waals surface area contributed by atoms with Crippen molar-refractivity contribution in [3.63, 3.8) is 0 Å². The van der Waals surface area contributed by atoms with Crippen molar-refractivity contribution in [1.29, 1.82) is 0 Å². The lowest BCUT2D eigenvalue weighted by atomic mass is 10.2. The van der Waals surface area contributed by atoms with E-state index in [4.69, 9.17) is 10.5 Å². The third-order valence-corrected chi connectivity index (χ3v) is 4.55. The first kappa shape index (κ1) is 17.2. The van der Waals surface area contributed by atoms with Gasteiger partial charge in [-0.15, -0.1) is 0 Å². The molecule has 1 fully saturated rings. The number of ether oxygens (including phenoxy) is 1. The van der Waals surface area contributed by atoms with Gasteiger partial charge < -0.3 is 19.9 Å². The molecule has 0 unspecified atom stereocenters. The molecule has 2 aromatic heterocycles. The lowest BCUT2D eigenvalue weighted by molar-refractivity contribution is -0.132. The van der Waals surface area contributed by atoms with Gasteiger partial charge >= 0.3 is 0 Å². The van der Waals surface area contributed by atoms with Gasteiger partial charge in [0.15, 0.2) is 0 Å². The fraction of sp³-hybridized carbons (Fsp3) is 0.471. The maximum atomic E-state index is 12.7. The van der Waals surface area contributed by atoms with E-state index in [-0.39, 0.29) is 30.0 Å². The van der Waals surface area contributed by atoms with E-state index in [2.05, 4.69) is 5.10 Å². The van der Waals surface area contributed by atoms with E-state index in [1.807, 2.05) is 11.1 Å².